The molecular formula is C11H15F3N4O2. The summed E-state index contributed by atoms with van der Waals surface area (Å²) < 4.78 is 37.7. The molecule has 0 saturated carbocycles. The quantitative estimate of drug-likeness (QED) is 0.666. The zero-order chi connectivity index (χ0) is 15.5. The van der Waals surface area contributed by atoms with Gasteiger partial charge >= 0.3 is 11.9 Å². The third-order valence-corrected chi connectivity index (χ3v) is 2.41. The molecule has 1 unspecified atom stereocenters. The highest BCUT2D eigenvalue weighted by atomic mass is 19.4. The SMILES string of the molecule is CC(CN(C)C)Nc1cc(C(F)(F)F)ncc1[N+](=O)[O-]. The fourth-order valence-corrected chi connectivity index (χ4v) is 1.72. The summed E-state index contributed by atoms with van der Waals surface area (Å²) in [7, 11) is 3.58. The maximum absolute atomic E-state index is 12.6. The van der Waals surface area contributed by atoms with Gasteiger partial charge in [-0.3, -0.25) is 10.1 Å². The van der Waals surface area contributed by atoms with Crippen LogP contribution in [-0.2, 0) is 6.18 Å². The number of alkyl halides is 3. The average molecular weight is 292 g/mol. The molecule has 0 radical (unpaired) electrons. The van der Waals surface area contributed by atoms with Crippen LogP contribution in [0.5, 0.6) is 0 Å². The lowest BCUT2D eigenvalue weighted by Crippen LogP contribution is -2.30. The van der Waals surface area contributed by atoms with Crippen LogP contribution in [0.4, 0.5) is 24.5 Å². The van der Waals surface area contributed by atoms with Gasteiger partial charge in [-0.2, -0.15) is 13.2 Å². The highest BCUT2D eigenvalue weighted by Gasteiger charge is 2.34. The molecule has 0 aliphatic carbocycles. The molecule has 20 heavy (non-hydrogen) atoms. The van der Waals surface area contributed by atoms with Gasteiger partial charge in [-0.1, -0.05) is 0 Å². The molecule has 0 fully saturated rings. The van der Waals surface area contributed by atoms with Crippen molar-refractivity contribution < 1.29 is 18.1 Å². The van der Waals surface area contributed by atoms with E-state index in [1.165, 1.54) is 0 Å². The number of aromatic nitrogens is 1. The Hall–Kier alpha value is -1.90. The Labute approximate surface area is 113 Å². The van der Waals surface area contributed by atoms with Crippen molar-refractivity contribution >= 4 is 11.4 Å². The van der Waals surface area contributed by atoms with Gasteiger partial charge in [-0.15, -0.1) is 0 Å². The number of nitro groups is 1. The number of likely N-dealkylation sites (N-methyl/N-ethyl adjacent to an activating group) is 1. The number of nitrogens with one attached hydrogen (secondary N) is 1. The van der Waals surface area contributed by atoms with Crippen LogP contribution in [-0.4, -0.2) is 41.5 Å². The van der Waals surface area contributed by atoms with Crippen LogP contribution in [0.2, 0.25) is 0 Å². The summed E-state index contributed by atoms with van der Waals surface area (Å²) in [6, 6.07) is 0.400. The van der Waals surface area contributed by atoms with E-state index in [4.69, 9.17) is 0 Å². The summed E-state index contributed by atoms with van der Waals surface area (Å²) in [6.45, 7) is 2.23. The van der Waals surface area contributed by atoms with Gasteiger partial charge in [0.15, 0.2) is 0 Å². The normalized spacial score (nSPS) is 13.3. The summed E-state index contributed by atoms with van der Waals surface area (Å²) in [6.07, 6.45) is -4.02. The highest BCUT2D eigenvalue weighted by molar-refractivity contribution is 5.61. The Morgan fingerprint density at radius 1 is 1.50 bits per heavy atom. The minimum absolute atomic E-state index is 0.188. The first-order chi connectivity index (χ1) is 9.11. The molecule has 0 saturated heterocycles. The van der Waals surface area contributed by atoms with E-state index in [9.17, 15) is 23.3 Å². The number of pyridine rings is 1. The van der Waals surface area contributed by atoms with E-state index in [1.807, 2.05) is 4.90 Å². The molecule has 1 atom stereocenters. The summed E-state index contributed by atoms with van der Waals surface area (Å²) in [4.78, 5) is 15.0. The van der Waals surface area contributed by atoms with Crippen LogP contribution < -0.4 is 5.32 Å². The van der Waals surface area contributed by atoms with Crippen molar-refractivity contribution in [3.8, 4) is 0 Å². The second kappa shape index (κ2) is 6.04. The van der Waals surface area contributed by atoms with E-state index in [0.717, 1.165) is 0 Å². The standard InChI is InChI=1S/C11H15F3N4O2/c1-7(6-17(2)3)16-8-4-10(11(12,13)14)15-5-9(8)18(19)20/h4-5,7H,6H2,1-3H3,(H,15,16). The van der Waals surface area contributed by atoms with E-state index < -0.39 is 22.5 Å². The second-order valence-electron chi connectivity index (χ2n) is 4.65. The van der Waals surface area contributed by atoms with Gasteiger partial charge in [0.1, 0.15) is 17.6 Å². The van der Waals surface area contributed by atoms with Gasteiger partial charge in [0, 0.05) is 12.6 Å². The Morgan fingerprint density at radius 3 is 2.55 bits per heavy atom. The molecule has 6 nitrogen and oxygen atoms in total. The summed E-state index contributed by atoms with van der Waals surface area (Å²) in [5.41, 5.74) is -1.84. The predicted octanol–water partition coefficient (Wildman–Crippen LogP) is 2.37. The summed E-state index contributed by atoms with van der Waals surface area (Å²) >= 11 is 0. The lowest BCUT2D eigenvalue weighted by Gasteiger charge is -2.19. The van der Waals surface area contributed by atoms with Gasteiger partial charge in [0.25, 0.3) is 0 Å². The molecule has 1 N–H and O–H groups in total. The average Bonchev–Trinajstić information content (AvgIpc) is 2.25. The van der Waals surface area contributed by atoms with Gasteiger partial charge < -0.3 is 10.2 Å². The fourth-order valence-electron chi connectivity index (χ4n) is 1.72. The first-order valence-electron chi connectivity index (χ1n) is 5.74. The molecule has 1 aromatic heterocycles. The maximum Gasteiger partial charge on any atom is 0.433 e. The Morgan fingerprint density at radius 2 is 2.10 bits per heavy atom. The van der Waals surface area contributed by atoms with Gasteiger partial charge in [-0.25, -0.2) is 4.98 Å². The minimum Gasteiger partial charge on any atom is -0.376 e. The zero-order valence-electron chi connectivity index (χ0n) is 11.2. The van der Waals surface area contributed by atoms with Crippen LogP contribution in [0.25, 0.3) is 0 Å². The molecule has 1 rings (SSSR count). The van der Waals surface area contributed by atoms with Gasteiger partial charge in [0.05, 0.1) is 4.92 Å². The smallest absolute Gasteiger partial charge is 0.376 e. The number of nitrogens with zero attached hydrogens (tertiary/aromatic N) is 3. The van der Waals surface area contributed by atoms with Crippen molar-refractivity contribution in [1.29, 1.82) is 0 Å². The number of anilines is 1. The second-order valence-corrected chi connectivity index (χ2v) is 4.65. The molecule has 0 aliphatic rings. The van der Waals surface area contributed by atoms with E-state index in [0.29, 0.717) is 18.8 Å². The third kappa shape index (κ3) is 4.34. The molecule has 0 amide bonds. The predicted molar refractivity (Wildman–Crippen MR) is 67.5 cm³/mol. The number of halogens is 3. The number of rotatable bonds is 5. The van der Waals surface area contributed by atoms with Crippen molar-refractivity contribution in [1.82, 2.24) is 9.88 Å². The molecule has 112 valence electrons. The Balaban J connectivity index is 3.09. The zero-order valence-corrected chi connectivity index (χ0v) is 11.2. The van der Waals surface area contributed by atoms with E-state index in [-0.39, 0.29) is 11.7 Å². The maximum atomic E-state index is 12.6. The van der Waals surface area contributed by atoms with E-state index in [2.05, 4.69) is 10.3 Å². The third-order valence-electron chi connectivity index (χ3n) is 2.41. The first kappa shape index (κ1) is 16.2. The molecule has 0 spiro atoms. The Kier molecular flexibility index (Phi) is 4.88. The molecule has 0 aromatic carbocycles. The summed E-state index contributed by atoms with van der Waals surface area (Å²) in [5.74, 6) is 0. The van der Waals surface area contributed by atoms with Crippen LogP contribution in [0.3, 0.4) is 0 Å². The Bertz CT molecular complexity index is 491. The lowest BCUT2D eigenvalue weighted by atomic mass is 10.2. The van der Waals surface area contributed by atoms with Crippen LogP contribution in [0.15, 0.2) is 12.3 Å². The van der Waals surface area contributed by atoms with Crippen molar-refractivity contribution in [3.63, 3.8) is 0 Å². The molecule has 1 heterocycles. The first-order valence-corrected chi connectivity index (χ1v) is 5.74. The molecule has 0 bridgehead atoms. The molecule has 9 heteroatoms. The van der Waals surface area contributed by atoms with Gasteiger partial charge in [-0.05, 0) is 27.1 Å². The topological polar surface area (TPSA) is 71.3 Å². The van der Waals surface area contributed by atoms with Crippen LogP contribution in [0.1, 0.15) is 12.6 Å². The molecular weight excluding hydrogens is 277 g/mol. The molecule has 1 aromatic rings. The van der Waals surface area contributed by atoms with Crippen molar-refractivity contribution in [2.24, 2.45) is 0 Å². The molecule has 0 aliphatic heterocycles. The lowest BCUT2D eigenvalue weighted by molar-refractivity contribution is -0.384. The van der Waals surface area contributed by atoms with Crippen LogP contribution >= 0.6 is 0 Å². The monoisotopic (exact) mass is 292 g/mol. The number of hydrogen-bond acceptors (Lipinski definition) is 5. The largest absolute Gasteiger partial charge is 0.433 e. The minimum atomic E-state index is -4.64. The van der Waals surface area contributed by atoms with Gasteiger partial charge in [0.2, 0.25) is 0 Å². The fraction of sp³-hybridized carbons (Fsp3) is 0.545. The summed E-state index contributed by atoms with van der Waals surface area (Å²) in [5, 5.41) is 13.5. The van der Waals surface area contributed by atoms with E-state index in [1.54, 1.807) is 21.0 Å². The highest BCUT2D eigenvalue weighted by Crippen LogP contribution is 2.33. The van der Waals surface area contributed by atoms with E-state index >= 15 is 0 Å². The van der Waals surface area contributed by atoms with Crippen LogP contribution in [0, 0.1) is 10.1 Å². The number of hydrogen-bond donors (Lipinski definition) is 1. The van der Waals surface area contributed by atoms with Crippen molar-refractivity contribution in [2.45, 2.75) is 19.1 Å². The van der Waals surface area contributed by atoms with Crippen molar-refractivity contribution in [3.05, 3.63) is 28.1 Å². The van der Waals surface area contributed by atoms with Crippen molar-refractivity contribution in [2.75, 3.05) is 26.0 Å².